The van der Waals surface area contributed by atoms with Gasteiger partial charge in [-0.05, 0) is 26.0 Å². The van der Waals surface area contributed by atoms with Crippen molar-refractivity contribution in [2.24, 2.45) is 0 Å². The lowest BCUT2D eigenvalue weighted by atomic mass is 9.90. The summed E-state index contributed by atoms with van der Waals surface area (Å²) >= 11 is 1.95. The molecule has 2 heterocycles. The fourth-order valence-electron chi connectivity index (χ4n) is 2.40. The summed E-state index contributed by atoms with van der Waals surface area (Å²) in [5.41, 5.74) is 0.981. The van der Waals surface area contributed by atoms with E-state index in [1.807, 2.05) is 11.8 Å². The monoisotopic (exact) mass is 308 g/mol. The molecule has 5 heteroatoms. The van der Waals surface area contributed by atoms with E-state index in [4.69, 9.17) is 4.98 Å². The Balaban J connectivity index is 2.43. The summed E-state index contributed by atoms with van der Waals surface area (Å²) in [5, 5.41) is 9.35. The molecule has 0 radical (unpaired) electrons. The Morgan fingerprint density at radius 1 is 1.38 bits per heavy atom. The van der Waals surface area contributed by atoms with Crippen LogP contribution >= 0.6 is 11.8 Å². The smallest absolute Gasteiger partial charge is 0.335 e. The number of nitrogens with zero attached hydrogens (tertiary/aromatic N) is 2. The first-order valence-corrected chi connectivity index (χ1v) is 8.22. The molecule has 1 aromatic heterocycles. The van der Waals surface area contributed by atoms with E-state index in [0.717, 1.165) is 30.4 Å². The highest BCUT2D eigenvalue weighted by atomic mass is 32.2. The van der Waals surface area contributed by atoms with Crippen LogP contribution in [-0.2, 0) is 5.41 Å². The summed E-state index contributed by atoms with van der Waals surface area (Å²) in [6, 6.07) is 3.39. The van der Waals surface area contributed by atoms with E-state index in [9.17, 15) is 9.90 Å². The normalized spacial score (nSPS) is 18.6. The molecule has 1 aliphatic heterocycles. The van der Waals surface area contributed by atoms with Gasteiger partial charge in [-0.2, -0.15) is 11.8 Å². The Hall–Kier alpha value is -1.23. The average Bonchev–Trinajstić information content (AvgIpc) is 2.36. The molecule has 1 aromatic rings. The Morgan fingerprint density at radius 3 is 2.57 bits per heavy atom. The van der Waals surface area contributed by atoms with Crippen molar-refractivity contribution in [3.8, 4) is 0 Å². The molecular formula is C16H24N2O2S. The Bertz CT molecular complexity index is 550. The van der Waals surface area contributed by atoms with Crippen molar-refractivity contribution in [3.05, 3.63) is 23.4 Å². The fourth-order valence-corrected chi connectivity index (χ4v) is 3.51. The van der Waals surface area contributed by atoms with Crippen LogP contribution in [0.15, 0.2) is 12.1 Å². The lowest BCUT2D eigenvalue weighted by Crippen LogP contribution is -2.43. The molecule has 1 saturated heterocycles. The third-order valence-electron chi connectivity index (χ3n) is 3.58. The van der Waals surface area contributed by atoms with Crippen LogP contribution in [0.5, 0.6) is 0 Å². The van der Waals surface area contributed by atoms with Gasteiger partial charge in [-0.25, -0.2) is 9.78 Å². The van der Waals surface area contributed by atoms with Gasteiger partial charge in [0.2, 0.25) is 0 Å². The molecular weight excluding hydrogens is 284 g/mol. The molecule has 0 unspecified atom stereocenters. The van der Waals surface area contributed by atoms with Gasteiger partial charge in [0.25, 0.3) is 0 Å². The number of pyridine rings is 1. The third kappa shape index (κ3) is 3.90. The van der Waals surface area contributed by atoms with E-state index < -0.39 is 5.97 Å². The second kappa shape index (κ2) is 5.52. The number of thioether (sulfide) groups is 1. The molecule has 116 valence electrons. The number of carbonyl (C=O) groups is 1. The molecule has 2 rings (SSSR count). The van der Waals surface area contributed by atoms with Crippen molar-refractivity contribution in [1.29, 1.82) is 0 Å². The van der Waals surface area contributed by atoms with Crippen molar-refractivity contribution in [3.63, 3.8) is 0 Å². The summed E-state index contributed by atoms with van der Waals surface area (Å²) < 4.78 is 0.168. The minimum Gasteiger partial charge on any atom is -0.478 e. The molecule has 0 aromatic carbocycles. The average molecular weight is 308 g/mol. The first-order valence-electron chi connectivity index (χ1n) is 7.23. The summed E-state index contributed by atoms with van der Waals surface area (Å²) in [6.45, 7) is 12.4. The van der Waals surface area contributed by atoms with E-state index in [-0.39, 0.29) is 10.2 Å². The number of anilines is 1. The van der Waals surface area contributed by atoms with Gasteiger partial charge >= 0.3 is 5.97 Å². The fraction of sp³-hybridized carbons (Fsp3) is 0.625. The number of carboxylic acids is 1. The van der Waals surface area contributed by atoms with Gasteiger partial charge < -0.3 is 10.0 Å². The molecule has 1 N–H and O–H groups in total. The maximum absolute atomic E-state index is 11.4. The highest BCUT2D eigenvalue weighted by Gasteiger charge is 2.29. The number of rotatable bonds is 2. The molecule has 0 bridgehead atoms. The largest absolute Gasteiger partial charge is 0.478 e. The molecule has 0 atom stereocenters. The van der Waals surface area contributed by atoms with Gasteiger partial charge in [0.1, 0.15) is 5.82 Å². The minimum atomic E-state index is -0.894. The lowest BCUT2D eigenvalue weighted by molar-refractivity contribution is 0.0696. The van der Waals surface area contributed by atoms with Crippen molar-refractivity contribution in [2.75, 3.05) is 23.7 Å². The summed E-state index contributed by atoms with van der Waals surface area (Å²) in [4.78, 5) is 18.3. The molecule has 21 heavy (non-hydrogen) atoms. The zero-order valence-electron chi connectivity index (χ0n) is 13.4. The van der Waals surface area contributed by atoms with Crippen LogP contribution in [0, 0.1) is 0 Å². The van der Waals surface area contributed by atoms with Crippen molar-refractivity contribution in [2.45, 2.75) is 44.8 Å². The van der Waals surface area contributed by atoms with Crippen molar-refractivity contribution >= 4 is 23.5 Å². The summed E-state index contributed by atoms with van der Waals surface area (Å²) in [6.07, 6.45) is 0. The third-order valence-corrected chi connectivity index (χ3v) is 4.87. The van der Waals surface area contributed by atoms with Crippen LogP contribution < -0.4 is 4.90 Å². The molecule has 0 spiro atoms. The number of aromatic nitrogens is 1. The van der Waals surface area contributed by atoms with E-state index in [2.05, 4.69) is 39.5 Å². The topological polar surface area (TPSA) is 53.4 Å². The molecule has 0 saturated carbocycles. The Morgan fingerprint density at radius 2 is 2.05 bits per heavy atom. The zero-order valence-corrected chi connectivity index (χ0v) is 14.3. The predicted octanol–water partition coefficient (Wildman–Crippen LogP) is 3.41. The lowest BCUT2D eigenvalue weighted by Gasteiger charge is -2.38. The molecule has 4 nitrogen and oxygen atoms in total. The Labute approximate surface area is 130 Å². The first-order chi connectivity index (χ1) is 9.58. The van der Waals surface area contributed by atoms with Crippen LogP contribution in [0.3, 0.4) is 0 Å². The van der Waals surface area contributed by atoms with Crippen molar-refractivity contribution < 1.29 is 9.90 Å². The van der Waals surface area contributed by atoms with Gasteiger partial charge in [-0.15, -0.1) is 0 Å². The summed E-state index contributed by atoms with van der Waals surface area (Å²) in [5.74, 6) is 0.930. The maximum atomic E-state index is 11.4. The molecule has 0 amide bonds. The number of hydrogen-bond donors (Lipinski definition) is 1. The second-order valence-electron chi connectivity index (χ2n) is 7.18. The van der Waals surface area contributed by atoms with Crippen LogP contribution in [0.1, 0.15) is 50.7 Å². The molecule has 1 aliphatic rings. The quantitative estimate of drug-likeness (QED) is 0.907. The maximum Gasteiger partial charge on any atom is 0.335 e. The number of hydrogen-bond acceptors (Lipinski definition) is 4. The number of carboxylic acid groups (broad SMARTS) is 1. The Kier molecular flexibility index (Phi) is 4.24. The second-order valence-corrected chi connectivity index (χ2v) is 8.99. The zero-order chi connectivity index (χ0) is 15.8. The van der Waals surface area contributed by atoms with Crippen molar-refractivity contribution in [1.82, 2.24) is 4.98 Å². The van der Waals surface area contributed by atoms with E-state index in [1.54, 1.807) is 12.1 Å². The van der Waals surface area contributed by atoms with Gasteiger partial charge in [-0.1, -0.05) is 20.8 Å². The highest BCUT2D eigenvalue weighted by molar-refractivity contribution is 8.00. The molecule has 0 aliphatic carbocycles. The van der Waals surface area contributed by atoms with Crippen LogP contribution in [-0.4, -0.2) is 39.6 Å². The van der Waals surface area contributed by atoms with E-state index in [0.29, 0.717) is 5.56 Å². The van der Waals surface area contributed by atoms with Crippen LogP contribution in [0.25, 0.3) is 0 Å². The van der Waals surface area contributed by atoms with Gasteiger partial charge in [0, 0.05) is 34.7 Å². The predicted molar refractivity (Wildman–Crippen MR) is 88.6 cm³/mol. The van der Waals surface area contributed by atoms with Crippen LogP contribution in [0.2, 0.25) is 0 Å². The number of aromatic carboxylic acids is 1. The van der Waals surface area contributed by atoms with E-state index >= 15 is 0 Å². The van der Waals surface area contributed by atoms with E-state index in [1.165, 1.54) is 0 Å². The van der Waals surface area contributed by atoms with Gasteiger partial charge in [-0.3, -0.25) is 0 Å². The standard InChI is InChI=1S/C16H24N2O2S/c1-15(2,3)12-8-11(14(19)20)9-13(17-12)18-6-7-21-16(4,5)10-18/h8-9H,6-7,10H2,1-5H3,(H,19,20). The first kappa shape index (κ1) is 16.1. The van der Waals surface area contributed by atoms with Crippen LogP contribution in [0.4, 0.5) is 5.82 Å². The summed E-state index contributed by atoms with van der Waals surface area (Å²) in [7, 11) is 0. The SMILES string of the molecule is CC1(C)CN(c2cc(C(=O)O)cc(C(C)(C)C)n2)CCS1. The van der Waals surface area contributed by atoms with Gasteiger partial charge in [0.05, 0.1) is 5.56 Å². The molecule has 1 fully saturated rings. The van der Waals surface area contributed by atoms with Gasteiger partial charge in [0.15, 0.2) is 0 Å². The minimum absolute atomic E-state index is 0.166. The highest BCUT2D eigenvalue weighted by Crippen LogP contribution is 2.33.